The van der Waals surface area contributed by atoms with Gasteiger partial charge < -0.3 is 0 Å². The van der Waals surface area contributed by atoms with Crippen LogP contribution in [-0.4, -0.2) is 30.0 Å². The number of hydrogen-bond acceptors (Lipinski definition) is 0. The van der Waals surface area contributed by atoms with Gasteiger partial charge in [0.15, 0.2) is 6.17 Å². The van der Waals surface area contributed by atoms with Gasteiger partial charge in [0, 0.05) is 0 Å². The van der Waals surface area contributed by atoms with Crippen molar-refractivity contribution in [1.82, 2.24) is 0 Å². The molecule has 0 amide bonds. The van der Waals surface area contributed by atoms with Crippen molar-refractivity contribution in [2.75, 3.05) is 6.67 Å². The summed E-state index contributed by atoms with van der Waals surface area (Å²) in [6.07, 6.45) is -5.89. The third-order valence-corrected chi connectivity index (χ3v) is 2.44. The normalized spacial score (nSPS) is 19.2. The standard InChI is InChI=1S/C6H8Cl2F4/c7-3(1-2-9)4(8)5(10)6(11)12/h3-6H,1-2H2. The SMILES string of the molecule is FCCC(Cl)C(Cl)C(F)C(F)F. The summed E-state index contributed by atoms with van der Waals surface area (Å²) >= 11 is 10.5. The van der Waals surface area contributed by atoms with Crippen molar-refractivity contribution in [2.24, 2.45) is 0 Å². The van der Waals surface area contributed by atoms with Gasteiger partial charge >= 0.3 is 0 Å². The predicted octanol–water partition coefficient (Wildman–Crippen LogP) is 3.16. The second-order valence-electron chi connectivity index (χ2n) is 2.22. The second kappa shape index (κ2) is 5.86. The molecule has 3 atom stereocenters. The summed E-state index contributed by atoms with van der Waals surface area (Å²) in [6, 6.07) is 0. The molecule has 0 N–H and O–H groups in total. The Bertz CT molecular complexity index is 122. The van der Waals surface area contributed by atoms with Gasteiger partial charge in [0.25, 0.3) is 6.43 Å². The Morgan fingerprint density at radius 1 is 1.08 bits per heavy atom. The van der Waals surface area contributed by atoms with Crippen LogP contribution in [0.4, 0.5) is 17.6 Å². The van der Waals surface area contributed by atoms with Crippen LogP contribution in [0.3, 0.4) is 0 Å². The Hall–Kier alpha value is 0.300. The molecule has 0 radical (unpaired) electrons. The van der Waals surface area contributed by atoms with E-state index < -0.39 is 30.0 Å². The van der Waals surface area contributed by atoms with Crippen LogP contribution in [0.1, 0.15) is 6.42 Å². The molecule has 0 saturated carbocycles. The lowest BCUT2D eigenvalue weighted by Gasteiger charge is -2.17. The monoisotopic (exact) mass is 226 g/mol. The van der Waals surface area contributed by atoms with Crippen LogP contribution in [0.2, 0.25) is 0 Å². The Kier molecular flexibility index (Phi) is 6.01. The van der Waals surface area contributed by atoms with Crippen molar-refractivity contribution in [2.45, 2.75) is 29.8 Å². The minimum atomic E-state index is -3.17. The number of alkyl halides is 6. The fraction of sp³-hybridized carbons (Fsp3) is 1.00. The van der Waals surface area contributed by atoms with E-state index in [0.717, 1.165) is 0 Å². The fourth-order valence-corrected chi connectivity index (χ4v) is 1.06. The summed E-state index contributed by atoms with van der Waals surface area (Å²) in [6.45, 7) is -0.798. The number of halogens is 6. The van der Waals surface area contributed by atoms with Gasteiger partial charge in [-0.2, -0.15) is 0 Å². The molecule has 6 heteroatoms. The smallest absolute Gasteiger partial charge is 0.251 e. The largest absolute Gasteiger partial charge is 0.270 e. The molecule has 0 nitrogen and oxygen atoms in total. The van der Waals surface area contributed by atoms with Crippen molar-refractivity contribution < 1.29 is 17.6 Å². The zero-order valence-corrected chi connectivity index (χ0v) is 7.50. The minimum absolute atomic E-state index is 0.219. The molecular formula is C6H8Cl2F4. The Morgan fingerprint density at radius 2 is 1.58 bits per heavy atom. The predicted molar refractivity (Wildman–Crippen MR) is 40.8 cm³/mol. The van der Waals surface area contributed by atoms with E-state index >= 15 is 0 Å². The van der Waals surface area contributed by atoms with Crippen LogP contribution >= 0.6 is 23.2 Å². The highest BCUT2D eigenvalue weighted by atomic mass is 35.5. The van der Waals surface area contributed by atoms with Gasteiger partial charge in [-0.05, 0) is 6.42 Å². The Balaban J connectivity index is 3.90. The van der Waals surface area contributed by atoms with Gasteiger partial charge in [-0.15, -0.1) is 23.2 Å². The third kappa shape index (κ3) is 3.81. The topological polar surface area (TPSA) is 0 Å². The Labute approximate surface area is 77.8 Å². The van der Waals surface area contributed by atoms with Gasteiger partial charge in [0.2, 0.25) is 0 Å². The van der Waals surface area contributed by atoms with E-state index in [2.05, 4.69) is 0 Å². The molecule has 0 spiro atoms. The maximum absolute atomic E-state index is 12.4. The molecule has 12 heavy (non-hydrogen) atoms. The highest BCUT2D eigenvalue weighted by Gasteiger charge is 2.32. The summed E-state index contributed by atoms with van der Waals surface area (Å²) in [7, 11) is 0. The molecule has 0 heterocycles. The first-order chi connectivity index (χ1) is 5.50. The third-order valence-electron chi connectivity index (χ3n) is 1.28. The zero-order chi connectivity index (χ0) is 9.72. The van der Waals surface area contributed by atoms with E-state index in [1.54, 1.807) is 0 Å². The number of hydrogen-bond donors (Lipinski definition) is 0. The van der Waals surface area contributed by atoms with Gasteiger partial charge in [0.1, 0.15) is 0 Å². The quantitative estimate of drug-likeness (QED) is 0.499. The first-order valence-corrected chi connectivity index (χ1v) is 4.14. The second-order valence-corrected chi connectivity index (χ2v) is 3.28. The molecule has 0 saturated heterocycles. The van der Waals surface area contributed by atoms with E-state index in [1.807, 2.05) is 0 Å². The molecule has 0 fully saturated rings. The summed E-state index contributed by atoms with van der Waals surface area (Å²) in [5.41, 5.74) is 0. The lowest BCUT2D eigenvalue weighted by atomic mass is 10.1. The van der Waals surface area contributed by atoms with Crippen LogP contribution in [0, 0.1) is 0 Å². The number of rotatable bonds is 5. The maximum atomic E-state index is 12.4. The van der Waals surface area contributed by atoms with Crippen LogP contribution < -0.4 is 0 Å². The average molecular weight is 227 g/mol. The highest BCUT2D eigenvalue weighted by molar-refractivity contribution is 6.30. The first kappa shape index (κ1) is 12.3. The van der Waals surface area contributed by atoms with Crippen molar-refractivity contribution in [3.8, 4) is 0 Å². The summed E-state index contributed by atoms with van der Waals surface area (Å²) in [5.74, 6) is 0. The molecule has 3 unspecified atom stereocenters. The van der Waals surface area contributed by atoms with Crippen LogP contribution in [-0.2, 0) is 0 Å². The molecule has 0 aromatic rings. The van der Waals surface area contributed by atoms with Gasteiger partial charge in [-0.1, -0.05) is 0 Å². The van der Waals surface area contributed by atoms with Crippen molar-refractivity contribution in [1.29, 1.82) is 0 Å². The summed E-state index contributed by atoms with van der Waals surface area (Å²) in [4.78, 5) is 0. The van der Waals surface area contributed by atoms with E-state index in [0.29, 0.717) is 0 Å². The van der Waals surface area contributed by atoms with Gasteiger partial charge in [0.05, 0.1) is 17.4 Å². The molecule has 0 aromatic heterocycles. The van der Waals surface area contributed by atoms with Crippen molar-refractivity contribution >= 4 is 23.2 Å². The van der Waals surface area contributed by atoms with E-state index in [9.17, 15) is 17.6 Å². The molecule has 0 aromatic carbocycles. The molecular weight excluding hydrogens is 219 g/mol. The molecule has 74 valence electrons. The summed E-state index contributed by atoms with van der Waals surface area (Å²) < 4.78 is 47.4. The molecule has 0 aliphatic rings. The zero-order valence-electron chi connectivity index (χ0n) is 5.99. The van der Waals surface area contributed by atoms with E-state index in [-0.39, 0.29) is 6.42 Å². The lowest BCUT2D eigenvalue weighted by Crippen LogP contribution is -2.32. The lowest BCUT2D eigenvalue weighted by molar-refractivity contribution is 0.0466. The van der Waals surface area contributed by atoms with Crippen LogP contribution in [0.15, 0.2) is 0 Å². The van der Waals surface area contributed by atoms with Crippen molar-refractivity contribution in [3.63, 3.8) is 0 Å². The van der Waals surface area contributed by atoms with E-state index in [4.69, 9.17) is 23.2 Å². The molecule has 0 bridgehead atoms. The summed E-state index contributed by atoms with van der Waals surface area (Å²) in [5, 5.41) is -2.64. The van der Waals surface area contributed by atoms with Gasteiger partial charge in [-0.3, -0.25) is 4.39 Å². The molecule has 0 aliphatic heterocycles. The highest BCUT2D eigenvalue weighted by Crippen LogP contribution is 2.23. The Morgan fingerprint density at radius 3 is 1.92 bits per heavy atom. The minimum Gasteiger partial charge on any atom is -0.251 e. The first-order valence-electron chi connectivity index (χ1n) is 3.27. The molecule has 0 aliphatic carbocycles. The maximum Gasteiger partial charge on any atom is 0.270 e. The van der Waals surface area contributed by atoms with Crippen molar-refractivity contribution in [3.05, 3.63) is 0 Å². The fourth-order valence-electron chi connectivity index (χ4n) is 0.602. The van der Waals surface area contributed by atoms with Crippen LogP contribution in [0.25, 0.3) is 0 Å². The van der Waals surface area contributed by atoms with Crippen LogP contribution in [0.5, 0.6) is 0 Å². The van der Waals surface area contributed by atoms with Gasteiger partial charge in [-0.25, -0.2) is 13.2 Å². The average Bonchev–Trinajstić information content (AvgIpc) is 2.02. The van der Waals surface area contributed by atoms with E-state index in [1.165, 1.54) is 0 Å². The molecule has 0 rings (SSSR count).